The van der Waals surface area contributed by atoms with Gasteiger partial charge in [0, 0.05) is 24.5 Å². The van der Waals surface area contributed by atoms with Crippen LogP contribution in [-0.2, 0) is 0 Å². The summed E-state index contributed by atoms with van der Waals surface area (Å²) in [5.41, 5.74) is 1.04. The molecule has 0 bridgehead atoms. The van der Waals surface area contributed by atoms with Crippen LogP contribution in [0.15, 0.2) is 28.6 Å². The number of aryl methyl sites for hydroxylation is 1. The Balaban J connectivity index is 2.33. The second-order valence-corrected chi connectivity index (χ2v) is 4.73. The first-order valence-corrected chi connectivity index (χ1v) is 6.55. The molecule has 0 fully saturated rings. The molecular weight excluding hydrogens is 246 g/mol. The molecule has 0 aliphatic heterocycles. The minimum atomic E-state index is 0.753. The van der Waals surface area contributed by atoms with Crippen molar-refractivity contribution in [1.29, 1.82) is 0 Å². The van der Waals surface area contributed by atoms with E-state index in [4.69, 9.17) is 0 Å². The minimum absolute atomic E-state index is 0.753. The van der Waals surface area contributed by atoms with Gasteiger partial charge in [0.1, 0.15) is 21.7 Å². The number of nitrogens with zero attached hydrogens (tertiary/aromatic N) is 4. The third-order valence-corrected chi connectivity index (χ3v) is 3.31. The van der Waals surface area contributed by atoms with Gasteiger partial charge in [-0.3, -0.25) is 4.98 Å². The van der Waals surface area contributed by atoms with Crippen LogP contribution in [0.25, 0.3) is 0 Å². The molecule has 5 nitrogen and oxygen atoms in total. The number of rotatable bonds is 4. The summed E-state index contributed by atoms with van der Waals surface area (Å²) in [4.78, 5) is 17.1. The average molecular weight is 261 g/mol. The molecule has 0 atom stereocenters. The van der Waals surface area contributed by atoms with E-state index in [-0.39, 0.29) is 0 Å². The van der Waals surface area contributed by atoms with Crippen molar-refractivity contribution in [2.75, 3.05) is 11.9 Å². The smallest absolute Gasteiger partial charge is 0.133 e. The SMILES string of the molecule is CCNc1nc(C)nc(Sc2cnccn2)c1C. The second kappa shape index (κ2) is 5.77. The molecule has 2 aromatic rings. The van der Waals surface area contributed by atoms with Gasteiger partial charge >= 0.3 is 0 Å². The summed E-state index contributed by atoms with van der Waals surface area (Å²) in [5.74, 6) is 1.64. The summed E-state index contributed by atoms with van der Waals surface area (Å²) in [6, 6.07) is 0. The zero-order valence-electron chi connectivity index (χ0n) is 10.6. The molecule has 0 saturated carbocycles. The van der Waals surface area contributed by atoms with Crippen molar-refractivity contribution in [3.8, 4) is 0 Å². The van der Waals surface area contributed by atoms with Crippen LogP contribution in [0.3, 0.4) is 0 Å². The number of hydrogen-bond donors (Lipinski definition) is 1. The summed E-state index contributed by atoms with van der Waals surface area (Å²) in [6.45, 7) is 6.79. The molecule has 94 valence electrons. The zero-order chi connectivity index (χ0) is 13.0. The standard InChI is InChI=1S/C12H15N5S/c1-4-14-11-8(2)12(17-9(3)16-11)18-10-7-13-5-6-15-10/h5-7H,4H2,1-3H3,(H,14,16,17). The fourth-order valence-electron chi connectivity index (χ4n) is 1.48. The van der Waals surface area contributed by atoms with Crippen molar-refractivity contribution in [3.05, 3.63) is 30.0 Å². The molecule has 2 rings (SSSR count). The maximum Gasteiger partial charge on any atom is 0.133 e. The maximum atomic E-state index is 4.45. The van der Waals surface area contributed by atoms with Crippen LogP contribution in [0.4, 0.5) is 5.82 Å². The van der Waals surface area contributed by atoms with E-state index in [2.05, 4.69) is 25.3 Å². The van der Waals surface area contributed by atoms with E-state index in [1.165, 1.54) is 11.8 Å². The van der Waals surface area contributed by atoms with Crippen molar-refractivity contribution < 1.29 is 0 Å². The highest BCUT2D eigenvalue weighted by Gasteiger charge is 2.10. The van der Waals surface area contributed by atoms with Gasteiger partial charge in [-0.1, -0.05) is 0 Å². The molecule has 6 heteroatoms. The molecule has 2 heterocycles. The lowest BCUT2D eigenvalue weighted by Gasteiger charge is -2.10. The van der Waals surface area contributed by atoms with Crippen LogP contribution in [0.2, 0.25) is 0 Å². The van der Waals surface area contributed by atoms with Gasteiger partial charge in [-0.15, -0.1) is 0 Å². The Morgan fingerprint density at radius 2 is 2.06 bits per heavy atom. The molecule has 0 amide bonds. The van der Waals surface area contributed by atoms with Gasteiger partial charge in [0.15, 0.2) is 0 Å². The molecule has 1 N–H and O–H groups in total. The van der Waals surface area contributed by atoms with Crippen molar-refractivity contribution in [3.63, 3.8) is 0 Å². The summed E-state index contributed by atoms with van der Waals surface area (Å²) < 4.78 is 0. The first kappa shape index (κ1) is 12.8. The monoisotopic (exact) mass is 261 g/mol. The van der Waals surface area contributed by atoms with E-state index in [1.807, 2.05) is 20.8 Å². The highest BCUT2D eigenvalue weighted by Crippen LogP contribution is 2.29. The second-order valence-electron chi connectivity index (χ2n) is 3.73. The molecule has 0 aromatic carbocycles. The lowest BCUT2D eigenvalue weighted by molar-refractivity contribution is 0.928. The van der Waals surface area contributed by atoms with Crippen LogP contribution in [0.5, 0.6) is 0 Å². The van der Waals surface area contributed by atoms with Gasteiger partial charge in [0.05, 0.1) is 6.20 Å². The van der Waals surface area contributed by atoms with Crippen LogP contribution >= 0.6 is 11.8 Å². The number of anilines is 1. The number of nitrogens with one attached hydrogen (secondary N) is 1. The normalized spacial score (nSPS) is 10.4. The summed E-state index contributed by atoms with van der Waals surface area (Å²) in [5, 5.41) is 4.99. The quantitative estimate of drug-likeness (QED) is 0.853. The largest absolute Gasteiger partial charge is 0.370 e. The minimum Gasteiger partial charge on any atom is -0.370 e. The zero-order valence-corrected chi connectivity index (χ0v) is 11.5. The first-order valence-electron chi connectivity index (χ1n) is 5.73. The van der Waals surface area contributed by atoms with E-state index in [1.54, 1.807) is 18.6 Å². The fraction of sp³-hybridized carbons (Fsp3) is 0.333. The molecule has 2 aromatic heterocycles. The highest BCUT2D eigenvalue weighted by atomic mass is 32.2. The molecule has 0 aliphatic rings. The lowest BCUT2D eigenvalue weighted by atomic mass is 10.3. The first-order chi connectivity index (χ1) is 8.70. The Bertz CT molecular complexity index is 529. The Morgan fingerprint density at radius 3 is 2.72 bits per heavy atom. The van der Waals surface area contributed by atoms with Gasteiger partial charge in [-0.05, 0) is 32.5 Å². The van der Waals surface area contributed by atoms with Gasteiger partial charge in [-0.2, -0.15) is 0 Å². The van der Waals surface area contributed by atoms with Crippen molar-refractivity contribution in [1.82, 2.24) is 19.9 Å². The Labute approximate surface area is 110 Å². The summed E-state index contributed by atoms with van der Waals surface area (Å²) >= 11 is 1.50. The van der Waals surface area contributed by atoms with E-state index in [9.17, 15) is 0 Å². The molecule has 0 unspecified atom stereocenters. The third-order valence-electron chi connectivity index (χ3n) is 2.30. The van der Waals surface area contributed by atoms with E-state index >= 15 is 0 Å². The molecule has 0 spiro atoms. The number of hydrogen-bond acceptors (Lipinski definition) is 6. The fourth-order valence-corrected chi connectivity index (χ4v) is 2.33. The predicted molar refractivity (Wildman–Crippen MR) is 71.8 cm³/mol. The van der Waals surface area contributed by atoms with E-state index in [0.29, 0.717) is 0 Å². The van der Waals surface area contributed by atoms with Gasteiger partial charge < -0.3 is 5.32 Å². The van der Waals surface area contributed by atoms with Crippen molar-refractivity contribution in [2.45, 2.75) is 30.8 Å². The summed E-state index contributed by atoms with van der Waals surface area (Å²) in [7, 11) is 0. The summed E-state index contributed by atoms with van der Waals surface area (Å²) in [6.07, 6.45) is 5.07. The molecule has 0 radical (unpaired) electrons. The van der Waals surface area contributed by atoms with Crippen molar-refractivity contribution >= 4 is 17.6 Å². The lowest BCUT2D eigenvalue weighted by Crippen LogP contribution is -2.05. The van der Waals surface area contributed by atoms with Crippen LogP contribution in [-0.4, -0.2) is 26.5 Å². The van der Waals surface area contributed by atoms with E-state index < -0.39 is 0 Å². The Hall–Kier alpha value is -1.69. The van der Waals surface area contributed by atoms with Crippen LogP contribution < -0.4 is 5.32 Å². The van der Waals surface area contributed by atoms with Crippen LogP contribution in [0.1, 0.15) is 18.3 Å². The van der Waals surface area contributed by atoms with Gasteiger partial charge in [-0.25, -0.2) is 15.0 Å². The van der Waals surface area contributed by atoms with E-state index in [0.717, 1.165) is 33.8 Å². The Morgan fingerprint density at radius 1 is 1.22 bits per heavy atom. The molecule has 18 heavy (non-hydrogen) atoms. The maximum absolute atomic E-state index is 4.45. The molecule has 0 aliphatic carbocycles. The predicted octanol–water partition coefficient (Wildman–Crippen LogP) is 2.47. The highest BCUT2D eigenvalue weighted by molar-refractivity contribution is 7.99. The van der Waals surface area contributed by atoms with Crippen molar-refractivity contribution in [2.24, 2.45) is 0 Å². The molecular formula is C12H15N5S. The third kappa shape index (κ3) is 2.95. The number of aromatic nitrogens is 4. The van der Waals surface area contributed by atoms with Crippen LogP contribution in [0, 0.1) is 13.8 Å². The average Bonchev–Trinajstić information content (AvgIpc) is 2.36. The Kier molecular flexibility index (Phi) is 4.09. The topological polar surface area (TPSA) is 63.6 Å². The van der Waals surface area contributed by atoms with Gasteiger partial charge in [0.2, 0.25) is 0 Å². The van der Waals surface area contributed by atoms with Gasteiger partial charge in [0.25, 0.3) is 0 Å². The molecule has 0 saturated heterocycles.